The molecule has 136 valence electrons. The topological polar surface area (TPSA) is 90.0 Å². The zero-order chi connectivity index (χ0) is 18.6. The van der Waals surface area contributed by atoms with Crippen LogP contribution in [-0.2, 0) is 17.8 Å². The number of oxazole rings is 1. The van der Waals surface area contributed by atoms with Crippen molar-refractivity contribution in [2.75, 3.05) is 6.54 Å². The highest BCUT2D eigenvalue weighted by molar-refractivity contribution is 5.78. The van der Waals surface area contributed by atoms with Crippen molar-refractivity contribution in [2.45, 2.75) is 19.4 Å². The summed E-state index contributed by atoms with van der Waals surface area (Å²) in [5, 5.41) is 3.32. The molecule has 1 amide bonds. The first kappa shape index (κ1) is 17.0. The Morgan fingerprint density at radius 1 is 1.07 bits per heavy atom. The van der Waals surface area contributed by atoms with Gasteiger partial charge in [-0.2, -0.15) is 0 Å². The summed E-state index contributed by atoms with van der Waals surface area (Å²) < 4.78 is 6.97. The number of hydrogen-bond acceptors (Lipinski definition) is 5. The Bertz CT molecular complexity index is 1130. The van der Waals surface area contributed by atoms with Gasteiger partial charge in [0.1, 0.15) is 12.1 Å². The molecule has 1 N–H and O–H groups in total. The second kappa shape index (κ2) is 7.41. The minimum Gasteiger partial charge on any atom is -0.441 e. The molecule has 0 aliphatic carbocycles. The Morgan fingerprint density at radius 3 is 2.70 bits per heavy atom. The number of rotatable bonds is 6. The van der Waals surface area contributed by atoms with E-state index in [0.717, 1.165) is 11.1 Å². The number of fused-ring (bicyclic) bond motifs is 2. The molecule has 4 aromatic rings. The molecular formula is C20H18N4O3. The molecule has 2 aromatic carbocycles. The molecule has 0 radical (unpaired) electrons. The molecule has 0 fully saturated rings. The quantitative estimate of drug-likeness (QED) is 0.532. The molecule has 0 unspecified atom stereocenters. The Kier molecular flexibility index (Phi) is 4.65. The van der Waals surface area contributed by atoms with Crippen LogP contribution >= 0.6 is 0 Å². The van der Waals surface area contributed by atoms with E-state index in [1.54, 1.807) is 18.2 Å². The van der Waals surface area contributed by atoms with Gasteiger partial charge in [-0.25, -0.2) is 9.97 Å². The van der Waals surface area contributed by atoms with E-state index in [2.05, 4.69) is 15.3 Å². The van der Waals surface area contributed by atoms with Crippen molar-refractivity contribution < 1.29 is 9.21 Å². The van der Waals surface area contributed by atoms with Crippen molar-refractivity contribution in [1.29, 1.82) is 0 Å². The number of hydrogen-bond donors (Lipinski definition) is 1. The molecule has 0 saturated heterocycles. The van der Waals surface area contributed by atoms with Gasteiger partial charge >= 0.3 is 0 Å². The summed E-state index contributed by atoms with van der Waals surface area (Å²) in [6, 6.07) is 14.7. The Balaban J connectivity index is 1.31. The minimum atomic E-state index is -0.230. The largest absolute Gasteiger partial charge is 0.441 e. The average Bonchev–Trinajstić information content (AvgIpc) is 3.10. The van der Waals surface area contributed by atoms with E-state index in [4.69, 9.17) is 4.42 Å². The summed E-state index contributed by atoms with van der Waals surface area (Å²) in [5.74, 6) is 0.423. The third-order valence-corrected chi connectivity index (χ3v) is 4.27. The number of nitrogens with one attached hydrogen (secondary N) is 1. The summed E-state index contributed by atoms with van der Waals surface area (Å²) in [4.78, 5) is 33.1. The lowest BCUT2D eigenvalue weighted by molar-refractivity contribution is -0.121. The smallest absolute Gasteiger partial charge is 0.261 e. The van der Waals surface area contributed by atoms with Crippen LogP contribution in [0.5, 0.6) is 0 Å². The molecule has 4 rings (SSSR count). The monoisotopic (exact) mass is 362 g/mol. The zero-order valence-corrected chi connectivity index (χ0v) is 14.6. The first-order chi connectivity index (χ1) is 13.2. The van der Waals surface area contributed by atoms with E-state index in [1.807, 2.05) is 30.3 Å². The second-order valence-corrected chi connectivity index (χ2v) is 6.22. The number of nitrogens with zero attached hydrogens (tertiary/aromatic N) is 3. The van der Waals surface area contributed by atoms with Crippen LogP contribution in [-0.4, -0.2) is 27.0 Å². The van der Waals surface area contributed by atoms with Gasteiger partial charge in [-0.3, -0.25) is 14.2 Å². The predicted octanol–water partition coefficient (Wildman–Crippen LogP) is 2.29. The number of carbonyl (C=O) groups excluding carboxylic acids is 1. The molecule has 0 aliphatic heterocycles. The molecule has 27 heavy (non-hydrogen) atoms. The SMILES string of the molecule is O=C(Cn1cnc2ccccc2c1=O)NCCCc1nc2ccccc2o1. The van der Waals surface area contributed by atoms with Crippen molar-refractivity contribution in [3.05, 3.63) is 71.1 Å². The molecular weight excluding hydrogens is 344 g/mol. The van der Waals surface area contributed by atoms with Gasteiger partial charge in [0.15, 0.2) is 11.5 Å². The zero-order valence-electron chi connectivity index (χ0n) is 14.6. The summed E-state index contributed by atoms with van der Waals surface area (Å²) in [5.41, 5.74) is 2.00. The third-order valence-electron chi connectivity index (χ3n) is 4.27. The van der Waals surface area contributed by atoms with Crippen molar-refractivity contribution in [2.24, 2.45) is 0 Å². The fourth-order valence-electron chi connectivity index (χ4n) is 2.92. The van der Waals surface area contributed by atoms with Gasteiger partial charge in [0.05, 0.1) is 17.2 Å². The van der Waals surface area contributed by atoms with E-state index >= 15 is 0 Å². The van der Waals surface area contributed by atoms with Crippen molar-refractivity contribution in [1.82, 2.24) is 19.9 Å². The molecule has 0 aliphatic rings. The number of aryl methyl sites for hydroxylation is 1. The predicted molar refractivity (Wildman–Crippen MR) is 101 cm³/mol. The van der Waals surface area contributed by atoms with Crippen LogP contribution in [0.3, 0.4) is 0 Å². The first-order valence-corrected chi connectivity index (χ1v) is 8.76. The van der Waals surface area contributed by atoms with Gasteiger partial charge in [-0.05, 0) is 30.7 Å². The molecule has 0 spiro atoms. The van der Waals surface area contributed by atoms with Gasteiger partial charge in [-0.15, -0.1) is 0 Å². The minimum absolute atomic E-state index is 0.0560. The Hall–Kier alpha value is -3.48. The van der Waals surface area contributed by atoms with Crippen LogP contribution in [0.15, 0.2) is 64.1 Å². The molecule has 0 bridgehead atoms. The normalized spacial score (nSPS) is 11.1. The van der Waals surface area contributed by atoms with Crippen LogP contribution < -0.4 is 10.9 Å². The second-order valence-electron chi connectivity index (χ2n) is 6.22. The van der Waals surface area contributed by atoms with Crippen LogP contribution in [0.4, 0.5) is 0 Å². The lowest BCUT2D eigenvalue weighted by Gasteiger charge is -2.07. The maximum atomic E-state index is 12.4. The Labute approximate surface area is 154 Å². The lowest BCUT2D eigenvalue weighted by atomic mass is 10.2. The fraction of sp³-hybridized carbons (Fsp3) is 0.200. The maximum Gasteiger partial charge on any atom is 0.261 e. The van der Waals surface area contributed by atoms with Crippen LogP contribution in [0, 0.1) is 0 Å². The molecule has 0 atom stereocenters. The number of benzene rings is 2. The maximum absolute atomic E-state index is 12.4. The third kappa shape index (κ3) is 3.72. The Morgan fingerprint density at radius 2 is 1.85 bits per heavy atom. The average molecular weight is 362 g/mol. The van der Waals surface area contributed by atoms with Crippen LogP contribution in [0.25, 0.3) is 22.0 Å². The molecule has 2 aromatic heterocycles. The van der Waals surface area contributed by atoms with Gasteiger partial charge < -0.3 is 9.73 Å². The number of carbonyl (C=O) groups is 1. The van der Waals surface area contributed by atoms with Gasteiger partial charge in [-0.1, -0.05) is 24.3 Å². The summed E-state index contributed by atoms with van der Waals surface area (Å²) in [6.45, 7) is 0.423. The number of para-hydroxylation sites is 3. The molecule has 7 heteroatoms. The summed E-state index contributed by atoms with van der Waals surface area (Å²) >= 11 is 0. The first-order valence-electron chi connectivity index (χ1n) is 8.76. The van der Waals surface area contributed by atoms with Crippen molar-refractivity contribution >= 4 is 27.9 Å². The van der Waals surface area contributed by atoms with E-state index < -0.39 is 0 Å². The van der Waals surface area contributed by atoms with E-state index in [0.29, 0.717) is 36.2 Å². The highest BCUT2D eigenvalue weighted by Gasteiger charge is 2.08. The van der Waals surface area contributed by atoms with E-state index in [-0.39, 0.29) is 18.0 Å². The van der Waals surface area contributed by atoms with Crippen LogP contribution in [0.1, 0.15) is 12.3 Å². The molecule has 0 saturated carbocycles. The lowest BCUT2D eigenvalue weighted by Crippen LogP contribution is -2.33. The van der Waals surface area contributed by atoms with Crippen molar-refractivity contribution in [3.8, 4) is 0 Å². The van der Waals surface area contributed by atoms with Crippen molar-refractivity contribution in [3.63, 3.8) is 0 Å². The highest BCUT2D eigenvalue weighted by Crippen LogP contribution is 2.15. The summed E-state index contributed by atoms with van der Waals surface area (Å²) in [6.07, 6.45) is 2.73. The number of amides is 1. The highest BCUT2D eigenvalue weighted by atomic mass is 16.3. The standard InChI is InChI=1S/C20H18N4O3/c25-18(12-24-13-22-15-7-2-1-6-14(15)20(24)26)21-11-5-10-19-23-16-8-3-4-9-17(16)27-19/h1-4,6-9,13H,5,10-12H2,(H,21,25). The molecule has 7 nitrogen and oxygen atoms in total. The van der Waals surface area contributed by atoms with E-state index in [9.17, 15) is 9.59 Å². The van der Waals surface area contributed by atoms with Crippen LogP contribution in [0.2, 0.25) is 0 Å². The van der Waals surface area contributed by atoms with Gasteiger partial charge in [0.25, 0.3) is 5.56 Å². The summed E-state index contributed by atoms with van der Waals surface area (Å²) in [7, 11) is 0. The number of aromatic nitrogens is 3. The fourth-order valence-corrected chi connectivity index (χ4v) is 2.92. The van der Waals surface area contributed by atoms with Gasteiger partial charge in [0, 0.05) is 13.0 Å². The van der Waals surface area contributed by atoms with E-state index in [1.165, 1.54) is 10.9 Å². The molecule has 2 heterocycles. The van der Waals surface area contributed by atoms with Gasteiger partial charge in [0.2, 0.25) is 5.91 Å².